The summed E-state index contributed by atoms with van der Waals surface area (Å²) in [6.07, 6.45) is 1.50. The molecule has 4 aromatic rings. The van der Waals surface area contributed by atoms with Gasteiger partial charge in [0.15, 0.2) is 0 Å². The summed E-state index contributed by atoms with van der Waals surface area (Å²) in [5.74, 6) is 0. The topological polar surface area (TPSA) is 68.2 Å². The molecule has 5 nitrogen and oxygen atoms in total. The first-order valence-electron chi connectivity index (χ1n) is 9.84. The third-order valence-corrected chi connectivity index (χ3v) is 7.78. The molecule has 0 spiro atoms. The second-order valence-electron chi connectivity index (χ2n) is 7.16. The van der Waals surface area contributed by atoms with E-state index < -0.39 is 10.0 Å². The smallest absolute Gasteiger partial charge is 0.294 e. The van der Waals surface area contributed by atoms with Gasteiger partial charge in [-0.25, -0.2) is 13.1 Å². The highest BCUT2D eigenvalue weighted by Gasteiger charge is 2.17. The molecule has 0 radical (unpaired) electrons. The molecule has 3 aromatic carbocycles. The molecule has 8 heteroatoms. The lowest BCUT2D eigenvalue weighted by Crippen LogP contribution is -2.25. The van der Waals surface area contributed by atoms with Gasteiger partial charge in [-0.2, -0.15) is 0 Å². The van der Waals surface area contributed by atoms with Crippen molar-refractivity contribution >= 4 is 43.2 Å². The number of nitrogens with one attached hydrogen (secondary N) is 1. The van der Waals surface area contributed by atoms with Crippen molar-refractivity contribution in [2.45, 2.75) is 24.3 Å². The number of thiazole rings is 1. The first-order valence-corrected chi connectivity index (χ1v) is 12.5. The van der Waals surface area contributed by atoms with Crippen LogP contribution in [0, 0.1) is 0 Å². The number of halogens is 1. The Balaban J connectivity index is 1.49. The highest BCUT2D eigenvalue weighted by molar-refractivity contribution is 7.89. The van der Waals surface area contributed by atoms with Gasteiger partial charge in [0.2, 0.25) is 10.0 Å². The molecule has 0 fully saturated rings. The minimum absolute atomic E-state index is 0.153. The van der Waals surface area contributed by atoms with E-state index >= 15 is 0 Å². The van der Waals surface area contributed by atoms with Crippen molar-refractivity contribution in [2.75, 3.05) is 6.54 Å². The van der Waals surface area contributed by atoms with Gasteiger partial charge in [-0.3, -0.25) is 9.36 Å². The Morgan fingerprint density at radius 3 is 2.48 bits per heavy atom. The summed E-state index contributed by atoms with van der Waals surface area (Å²) in [7, 11) is -3.65. The minimum atomic E-state index is -3.65. The fraction of sp³-hybridized carbons (Fsp3) is 0.174. The summed E-state index contributed by atoms with van der Waals surface area (Å²) in [4.78, 5) is 12.5. The van der Waals surface area contributed by atoms with Gasteiger partial charge in [0, 0.05) is 11.6 Å². The molecule has 0 saturated carbocycles. The Morgan fingerprint density at radius 2 is 1.71 bits per heavy atom. The van der Waals surface area contributed by atoms with Gasteiger partial charge in [-0.05, 0) is 48.2 Å². The van der Waals surface area contributed by atoms with Crippen LogP contribution in [0.3, 0.4) is 0 Å². The molecule has 0 saturated heterocycles. The number of rotatable bonds is 8. The molecule has 0 aliphatic heterocycles. The molecule has 0 amide bonds. The summed E-state index contributed by atoms with van der Waals surface area (Å²) in [5, 5.41) is 0.590. The first kappa shape index (κ1) is 21.8. The van der Waals surface area contributed by atoms with Gasteiger partial charge in [0.25, 0.3) is 0 Å². The lowest BCUT2D eigenvalue weighted by molar-refractivity contribution is 0.579. The third-order valence-electron chi connectivity index (χ3n) is 5.01. The van der Waals surface area contributed by atoms with Gasteiger partial charge < -0.3 is 0 Å². The second kappa shape index (κ2) is 9.36. The molecule has 0 aliphatic rings. The highest BCUT2D eigenvalue weighted by atomic mass is 35.5. The highest BCUT2D eigenvalue weighted by Crippen LogP contribution is 2.24. The number of aromatic nitrogens is 1. The Kier molecular flexibility index (Phi) is 6.57. The van der Waals surface area contributed by atoms with Crippen LogP contribution in [-0.2, 0) is 23.0 Å². The molecule has 0 aliphatic carbocycles. The maximum atomic E-state index is 12.7. The normalized spacial score (nSPS) is 11.8. The molecule has 160 valence electrons. The van der Waals surface area contributed by atoms with Crippen LogP contribution in [0.4, 0.5) is 0 Å². The number of hydrogen-bond donors (Lipinski definition) is 1. The van der Waals surface area contributed by atoms with Crippen LogP contribution in [-0.4, -0.2) is 19.5 Å². The van der Waals surface area contributed by atoms with Crippen LogP contribution in [0.5, 0.6) is 0 Å². The maximum absolute atomic E-state index is 12.7. The fourth-order valence-electron chi connectivity index (χ4n) is 3.39. The van der Waals surface area contributed by atoms with E-state index in [4.69, 9.17) is 11.6 Å². The van der Waals surface area contributed by atoms with Gasteiger partial charge in [0.1, 0.15) is 0 Å². The van der Waals surface area contributed by atoms with E-state index in [0.717, 1.165) is 23.3 Å². The Morgan fingerprint density at radius 1 is 0.968 bits per heavy atom. The predicted molar refractivity (Wildman–Crippen MR) is 127 cm³/mol. The summed E-state index contributed by atoms with van der Waals surface area (Å²) in [5.41, 5.74) is 2.70. The molecular weight excluding hydrogens is 452 g/mol. The van der Waals surface area contributed by atoms with Crippen LogP contribution in [0.25, 0.3) is 10.2 Å². The molecule has 1 N–H and O–H groups in total. The zero-order valence-corrected chi connectivity index (χ0v) is 19.0. The molecule has 4 rings (SSSR count). The van der Waals surface area contributed by atoms with E-state index in [0.29, 0.717) is 34.7 Å². The van der Waals surface area contributed by atoms with Crippen LogP contribution < -0.4 is 9.60 Å². The van der Waals surface area contributed by atoms with Crippen LogP contribution in [0.1, 0.15) is 17.5 Å². The molecule has 0 atom stereocenters. The number of nitrogens with zero attached hydrogens (tertiary/aromatic N) is 1. The molecule has 0 bridgehead atoms. The average molecular weight is 473 g/mol. The van der Waals surface area contributed by atoms with Crippen molar-refractivity contribution in [2.24, 2.45) is 0 Å². The number of fused-ring (bicyclic) bond motifs is 1. The number of hydrogen-bond acceptors (Lipinski definition) is 4. The van der Waals surface area contributed by atoms with E-state index in [1.807, 2.05) is 48.5 Å². The van der Waals surface area contributed by atoms with Gasteiger partial charge in [0.05, 0.1) is 21.7 Å². The summed E-state index contributed by atoms with van der Waals surface area (Å²) in [6.45, 7) is 0.682. The predicted octanol–water partition coefficient (Wildman–Crippen LogP) is 4.68. The number of aryl methyl sites for hydroxylation is 1. The van der Waals surface area contributed by atoms with Crippen LogP contribution in [0.2, 0.25) is 5.02 Å². The van der Waals surface area contributed by atoms with Crippen LogP contribution in [0.15, 0.2) is 82.5 Å². The van der Waals surface area contributed by atoms with Gasteiger partial charge in [-0.1, -0.05) is 71.5 Å². The van der Waals surface area contributed by atoms with Crippen molar-refractivity contribution in [3.8, 4) is 0 Å². The number of benzene rings is 3. The SMILES string of the molecule is O=c1sc2cc(S(=O)(=O)NCCCc3ccccc3)ccc2n1Cc1ccccc1Cl. The first-order chi connectivity index (χ1) is 14.9. The summed E-state index contributed by atoms with van der Waals surface area (Å²) >= 11 is 7.26. The van der Waals surface area contributed by atoms with Gasteiger partial charge >= 0.3 is 4.87 Å². The standard InChI is InChI=1S/C23H21ClN2O3S2/c24-20-11-5-4-10-18(20)16-26-21-13-12-19(15-22(21)30-23(26)27)31(28,29)25-14-6-9-17-7-2-1-3-8-17/h1-5,7-8,10-13,15,25H,6,9,14,16H2. The summed E-state index contributed by atoms with van der Waals surface area (Å²) in [6, 6.07) is 22.1. The molecule has 1 aromatic heterocycles. The zero-order chi connectivity index (χ0) is 21.8. The van der Waals surface area contributed by atoms with Crippen LogP contribution >= 0.6 is 22.9 Å². The van der Waals surface area contributed by atoms with E-state index in [-0.39, 0.29) is 9.77 Å². The van der Waals surface area contributed by atoms with Crippen molar-refractivity contribution in [3.05, 3.63) is 98.6 Å². The van der Waals surface area contributed by atoms with Crippen molar-refractivity contribution in [1.82, 2.24) is 9.29 Å². The molecule has 0 unspecified atom stereocenters. The van der Waals surface area contributed by atoms with Crippen molar-refractivity contribution in [3.63, 3.8) is 0 Å². The second-order valence-corrected chi connectivity index (χ2v) is 10.3. The summed E-state index contributed by atoms with van der Waals surface area (Å²) < 4.78 is 30.3. The molecule has 31 heavy (non-hydrogen) atoms. The Hall–Kier alpha value is -2.45. The maximum Gasteiger partial charge on any atom is 0.308 e. The monoisotopic (exact) mass is 472 g/mol. The Labute approximate surface area is 190 Å². The minimum Gasteiger partial charge on any atom is -0.294 e. The third kappa shape index (κ3) is 5.07. The number of sulfonamides is 1. The lowest BCUT2D eigenvalue weighted by Gasteiger charge is -2.08. The van der Waals surface area contributed by atoms with E-state index in [1.165, 1.54) is 11.6 Å². The van der Waals surface area contributed by atoms with Crippen molar-refractivity contribution in [1.29, 1.82) is 0 Å². The molecular formula is C23H21ClN2O3S2. The van der Waals surface area contributed by atoms with Crippen molar-refractivity contribution < 1.29 is 8.42 Å². The van der Waals surface area contributed by atoms with E-state index in [2.05, 4.69) is 4.72 Å². The van der Waals surface area contributed by atoms with E-state index in [1.54, 1.807) is 22.8 Å². The zero-order valence-electron chi connectivity index (χ0n) is 16.6. The fourth-order valence-corrected chi connectivity index (χ4v) is 5.69. The molecule has 1 heterocycles. The average Bonchev–Trinajstić information content (AvgIpc) is 3.08. The Bertz CT molecular complexity index is 1360. The quantitative estimate of drug-likeness (QED) is 0.379. The largest absolute Gasteiger partial charge is 0.308 e. The van der Waals surface area contributed by atoms with Gasteiger partial charge in [-0.15, -0.1) is 0 Å². The lowest BCUT2D eigenvalue weighted by atomic mass is 10.1. The van der Waals surface area contributed by atoms with E-state index in [9.17, 15) is 13.2 Å².